The van der Waals surface area contributed by atoms with Crippen LogP contribution in [-0.4, -0.2) is 24.5 Å². The van der Waals surface area contributed by atoms with Gasteiger partial charge >= 0.3 is 0 Å². The molecule has 112 valence electrons. The number of carbonyl (C=O) groups is 2. The third-order valence-electron chi connectivity index (χ3n) is 3.85. The zero-order valence-corrected chi connectivity index (χ0v) is 12.2. The topological polar surface area (TPSA) is 96.9 Å². The number of carboxylic acid groups (broad SMARTS) is 2. The summed E-state index contributed by atoms with van der Waals surface area (Å²) in [5.74, 6) is -2.93. The molecule has 5 nitrogen and oxygen atoms in total. The Morgan fingerprint density at radius 1 is 1.20 bits per heavy atom. The van der Waals surface area contributed by atoms with Gasteiger partial charge in [-0.2, -0.15) is 0 Å². The van der Waals surface area contributed by atoms with E-state index in [4.69, 9.17) is 0 Å². The van der Waals surface area contributed by atoms with Gasteiger partial charge in [0.05, 0.1) is 12.5 Å². The Hall–Kier alpha value is -1.62. The highest BCUT2D eigenvalue weighted by Crippen LogP contribution is 2.28. The molecule has 0 amide bonds. The summed E-state index contributed by atoms with van der Waals surface area (Å²) in [6.45, 7) is 6.53. The Labute approximate surface area is 119 Å². The fourth-order valence-corrected chi connectivity index (χ4v) is 2.78. The summed E-state index contributed by atoms with van der Waals surface area (Å²) in [7, 11) is 0. The standard InChI is InChI=1S/C15H23NO4/c1-9(2)5-4-6-10(3)12-8-16-14(15(19)20)11(12)7-13(17)18/h5-6,11-12,14,16H,4,7-8H2,1-3H3,(H,17,18)(H,19,20)/p-1/b10-6-/t11-,12+,14-/m0/s1. The number of carbonyl (C=O) groups excluding carboxylic acids is 2. The first kappa shape index (κ1) is 16.4. The van der Waals surface area contributed by atoms with Gasteiger partial charge in [0.25, 0.3) is 0 Å². The lowest BCUT2D eigenvalue weighted by atomic mass is 9.83. The van der Waals surface area contributed by atoms with Crippen molar-refractivity contribution in [1.82, 2.24) is 0 Å². The van der Waals surface area contributed by atoms with Gasteiger partial charge in [-0.3, -0.25) is 0 Å². The van der Waals surface area contributed by atoms with Crippen molar-refractivity contribution in [2.24, 2.45) is 11.8 Å². The summed E-state index contributed by atoms with van der Waals surface area (Å²) < 4.78 is 0. The van der Waals surface area contributed by atoms with Crippen molar-refractivity contribution in [3.8, 4) is 0 Å². The summed E-state index contributed by atoms with van der Waals surface area (Å²) in [5, 5.41) is 23.6. The summed E-state index contributed by atoms with van der Waals surface area (Å²) in [6.07, 6.45) is 4.64. The van der Waals surface area contributed by atoms with Gasteiger partial charge in [-0.1, -0.05) is 23.3 Å². The molecule has 1 fully saturated rings. The number of allylic oxidation sites excluding steroid dienone is 3. The van der Waals surface area contributed by atoms with Crippen molar-refractivity contribution >= 4 is 11.9 Å². The summed E-state index contributed by atoms with van der Waals surface area (Å²) >= 11 is 0. The van der Waals surface area contributed by atoms with Gasteiger partial charge in [0.15, 0.2) is 0 Å². The normalized spacial score (nSPS) is 26.4. The van der Waals surface area contributed by atoms with Gasteiger partial charge in [-0.05, 0) is 33.6 Å². The van der Waals surface area contributed by atoms with Gasteiger partial charge in [0.2, 0.25) is 0 Å². The molecule has 0 unspecified atom stereocenters. The van der Waals surface area contributed by atoms with Gasteiger partial charge in [0.1, 0.15) is 6.04 Å². The monoisotopic (exact) mass is 280 g/mol. The zero-order valence-electron chi connectivity index (χ0n) is 12.2. The largest absolute Gasteiger partial charge is 0.550 e. The van der Waals surface area contributed by atoms with Crippen molar-refractivity contribution < 1.29 is 25.1 Å². The predicted molar refractivity (Wildman–Crippen MR) is 70.0 cm³/mol. The molecule has 20 heavy (non-hydrogen) atoms. The van der Waals surface area contributed by atoms with Crippen LogP contribution in [-0.2, 0) is 9.59 Å². The van der Waals surface area contributed by atoms with E-state index in [0.29, 0.717) is 6.54 Å². The van der Waals surface area contributed by atoms with Gasteiger partial charge in [-0.25, -0.2) is 0 Å². The third kappa shape index (κ3) is 4.49. The van der Waals surface area contributed by atoms with E-state index in [-0.39, 0.29) is 12.3 Å². The number of quaternary nitrogens is 1. The second kappa shape index (κ2) is 7.24. The van der Waals surface area contributed by atoms with E-state index < -0.39 is 23.9 Å². The smallest absolute Gasteiger partial charge is 0.130 e. The van der Waals surface area contributed by atoms with Crippen LogP contribution in [0.15, 0.2) is 23.3 Å². The Kier molecular flexibility index (Phi) is 5.95. The van der Waals surface area contributed by atoms with Gasteiger partial charge < -0.3 is 25.1 Å². The summed E-state index contributed by atoms with van der Waals surface area (Å²) in [4.78, 5) is 21.9. The van der Waals surface area contributed by atoms with Crippen LogP contribution in [0.25, 0.3) is 0 Å². The molecule has 0 aromatic carbocycles. The first-order valence-corrected chi connectivity index (χ1v) is 6.87. The van der Waals surface area contributed by atoms with E-state index in [9.17, 15) is 19.8 Å². The molecule has 1 aliphatic rings. The summed E-state index contributed by atoms with van der Waals surface area (Å²) in [6, 6.07) is -0.801. The fraction of sp³-hybridized carbons (Fsp3) is 0.600. The minimum absolute atomic E-state index is 0.0543. The minimum Gasteiger partial charge on any atom is -0.550 e. The first-order valence-electron chi connectivity index (χ1n) is 6.87. The molecule has 0 aromatic rings. The van der Waals surface area contributed by atoms with E-state index in [0.717, 1.165) is 12.0 Å². The Bertz CT molecular complexity index is 435. The molecule has 3 atom stereocenters. The lowest BCUT2D eigenvalue weighted by molar-refractivity contribution is -0.668. The molecule has 1 rings (SSSR count). The second-order valence-corrected chi connectivity index (χ2v) is 5.63. The molecule has 0 saturated carbocycles. The number of aliphatic carboxylic acids is 2. The lowest BCUT2D eigenvalue weighted by Crippen LogP contribution is -2.90. The number of hydrogen-bond donors (Lipinski definition) is 1. The average molecular weight is 280 g/mol. The Morgan fingerprint density at radius 2 is 1.85 bits per heavy atom. The van der Waals surface area contributed by atoms with Crippen LogP contribution in [0.2, 0.25) is 0 Å². The van der Waals surface area contributed by atoms with Crippen LogP contribution >= 0.6 is 0 Å². The Morgan fingerprint density at radius 3 is 2.35 bits per heavy atom. The predicted octanol–water partition coefficient (Wildman–Crippen LogP) is -1.64. The molecule has 0 aromatic heterocycles. The molecular formula is C15H22NO4-. The van der Waals surface area contributed by atoms with E-state index in [1.807, 2.05) is 26.8 Å². The van der Waals surface area contributed by atoms with E-state index in [1.165, 1.54) is 5.57 Å². The van der Waals surface area contributed by atoms with Crippen LogP contribution in [0.3, 0.4) is 0 Å². The third-order valence-corrected chi connectivity index (χ3v) is 3.85. The van der Waals surface area contributed by atoms with Crippen LogP contribution in [0.4, 0.5) is 0 Å². The molecule has 0 bridgehead atoms. The number of hydrogen-bond acceptors (Lipinski definition) is 4. The molecule has 0 radical (unpaired) electrons. The number of nitrogens with two attached hydrogens (primary N) is 1. The highest BCUT2D eigenvalue weighted by Gasteiger charge is 2.41. The SMILES string of the molecule is CC(C)=CC/C=C(/C)[C@H]1C[NH2+][C@H](C(=O)[O-])[C@H]1CC(=O)[O-]. The molecule has 0 aliphatic carbocycles. The van der Waals surface area contributed by atoms with Crippen LogP contribution in [0.5, 0.6) is 0 Å². The van der Waals surface area contributed by atoms with Crippen molar-refractivity contribution in [3.05, 3.63) is 23.3 Å². The van der Waals surface area contributed by atoms with E-state index in [2.05, 4.69) is 6.08 Å². The number of carboxylic acids is 2. The molecule has 1 saturated heterocycles. The average Bonchev–Trinajstić information content (AvgIpc) is 2.71. The maximum Gasteiger partial charge on any atom is 0.130 e. The summed E-state index contributed by atoms with van der Waals surface area (Å²) in [5.41, 5.74) is 2.25. The molecule has 5 heteroatoms. The van der Waals surface area contributed by atoms with Crippen molar-refractivity contribution in [2.45, 2.75) is 39.7 Å². The van der Waals surface area contributed by atoms with Gasteiger partial charge in [0, 0.05) is 17.8 Å². The first-order chi connectivity index (χ1) is 9.32. The molecule has 1 heterocycles. The fourth-order valence-electron chi connectivity index (χ4n) is 2.78. The molecule has 0 spiro atoms. The molecule has 1 aliphatic heterocycles. The van der Waals surface area contributed by atoms with Gasteiger partial charge in [-0.15, -0.1) is 0 Å². The van der Waals surface area contributed by atoms with Crippen LogP contribution < -0.4 is 15.5 Å². The Balaban J connectivity index is 2.83. The zero-order chi connectivity index (χ0) is 15.3. The molecule has 2 N–H and O–H groups in total. The minimum atomic E-state index is -1.21. The highest BCUT2D eigenvalue weighted by molar-refractivity contribution is 5.72. The lowest BCUT2D eigenvalue weighted by Gasteiger charge is -2.22. The number of rotatable bonds is 6. The van der Waals surface area contributed by atoms with E-state index in [1.54, 1.807) is 5.32 Å². The molecular weight excluding hydrogens is 258 g/mol. The van der Waals surface area contributed by atoms with Crippen LogP contribution in [0.1, 0.15) is 33.6 Å². The van der Waals surface area contributed by atoms with E-state index >= 15 is 0 Å². The van der Waals surface area contributed by atoms with Crippen molar-refractivity contribution in [3.63, 3.8) is 0 Å². The quantitative estimate of drug-likeness (QED) is 0.590. The van der Waals surface area contributed by atoms with Crippen LogP contribution in [0, 0.1) is 11.8 Å². The van der Waals surface area contributed by atoms with Crippen molar-refractivity contribution in [1.29, 1.82) is 0 Å². The highest BCUT2D eigenvalue weighted by atomic mass is 16.4. The maximum atomic E-state index is 11.1. The second-order valence-electron chi connectivity index (χ2n) is 5.63. The maximum absolute atomic E-state index is 11.1. The van der Waals surface area contributed by atoms with Crippen molar-refractivity contribution in [2.75, 3.05) is 6.54 Å².